The van der Waals surface area contributed by atoms with E-state index in [0.717, 1.165) is 18.8 Å². The van der Waals surface area contributed by atoms with E-state index in [2.05, 4.69) is 10.2 Å². The second-order valence-corrected chi connectivity index (χ2v) is 4.32. The van der Waals surface area contributed by atoms with Gasteiger partial charge in [0.15, 0.2) is 0 Å². The fraction of sp³-hybridized carbons (Fsp3) is 0.385. The predicted molar refractivity (Wildman–Crippen MR) is 70.7 cm³/mol. The Labute approximate surface area is 111 Å². The summed E-state index contributed by atoms with van der Waals surface area (Å²) in [6.07, 6.45) is 0. The average molecular weight is 264 g/mol. The molecular weight excluding hydrogens is 248 g/mol. The SMILES string of the molecule is CC(=O)Nc1cc(N2CCOCC2)ccc1C(=O)O. The van der Waals surface area contributed by atoms with E-state index in [9.17, 15) is 9.59 Å². The van der Waals surface area contributed by atoms with Gasteiger partial charge in [-0.2, -0.15) is 0 Å². The van der Waals surface area contributed by atoms with E-state index in [-0.39, 0.29) is 11.5 Å². The maximum absolute atomic E-state index is 11.1. The number of nitrogens with one attached hydrogen (secondary N) is 1. The number of carboxylic acids is 1. The molecule has 102 valence electrons. The van der Waals surface area contributed by atoms with Crippen molar-refractivity contribution in [3.8, 4) is 0 Å². The lowest BCUT2D eigenvalue weighted by atomic mass is 10.1. The molecule has 0 atom stereocenters. The summed E-state index contributed by atoms with van der Waals surface area (Å²) in [5.41, 5.74) is 1.30. The molecule has 0 saturated carbocycles. The lowest BCUT2D eigenvalue weighted by molar-refractivity contribution is -0.114. The number of hydrogen-bond acceptors (Lipinski definition) is 4. The van der Waals surface area contributed by atoms with E-state index in [1.54, 1.807) is 12.1 Å². The summed E-state index contributed by atoms with van der Waals surface area (Å²) in [6.45, 7) is 4.16. The minimum atomic E-state index is -1.06. The van der Waals surface area contributed by atoms with Crippen LogP contribution in [0, 0.1) is 0 Å². The summed E-state index contributed by atoms with van der Waals surface area (Å²) < 4.78 is 5.27. The highest BCUT2D eigenvalue weighted by molar-refractivity contribution is 6.00. The van der Waals surface area contributed by atoms with Gasteiger partial charge in [-0.25, -0.2) is 4.79 Å². The summed E-state index contributed by atoms with van der Waals surface area (Å²) in [5, 5.41) is 11.7. The van der Waals surface area contributed by atoms with Crippen molar-refractivity contribution in [3.05, 3.63) is 23.8 Å². The maximum atomic E-state index is 11.1. The molecule has 1 aromatic carbocycles. The molecule has 2 N–H and O–H groups in total. The highest BCUT2D eigenvalue weighted by atomic mass is 16.5. The van der Waals surface area contributed by atoms with Gasteiger partial charge in [-0.05, 0) is 18.2 Å². The number of aromatic carboxylic acids is 1. The number of anilines is 2. The Morgan fingerprint density at radius 1 is 1.32 bits per heavy atom. The van der Waals surface area contributed by atoms with Crippen LogP contribution in [0.25, 0.3) is 0 Å². The van der Waals surface area contributed by atoms with Crippen molar-refractivity contribution in [1.29, 1.82) is 0 Å². The number of ether oxygens (including phenoxy) is 1. The Bertz CT molecular complexity index is 495. The van der Waals surface area contributed by atoms with Gasteiger partial charge in [0.05, 0.1) is 24.5 Å². The van der Waals surface area contributed by atoms with Crippen molar-refractivity contribution in [3.63, 3.8) is 0 Å². The molecule has 19 heavy (non-hydrogen) atoms. The summed E-state index contributed by atoms with van der Waals surface area (Å²) in [4.78, 5) is 24.3. The zero-order valence-electron chi connectivity index (χ0n) is 10.7. The van der Waals surface area contributed by atoms with E-state index >= 15 is 0 Å². The number of carbonyl (C=O) groups excluding carboxylic acids is 1. The molecule has 0 aromatic heterocycles. The van der Waals surface area contributed by atoms with Gasteiger partial charge >= 0.3 is 5.97 Å². The number of hydrogen-bond donors (Lipinski definition) is 2. The Morgan fingerprint density at radius 3 is 2.58 bits per heavy atom. The molecule has 1 aliphatic heterocycles. The van der Waals surface area contributed by atoms with Crippen LogP contribution in [0.4, 0.5) is 11.4 Å². The van der Waals surface area contributed by atoms with Crippen molar-refractivity contribution >= 4 is 23.3 Å². The van der Waals surface area contributed by atoms with Crippen LogP contribution in [-0.4, -0.2) is 43.3 Å². The molecule has 1 aliphatic rings. The average Bonchev–Trinajstić information content (AvgIpc) is 2.38. The van der Waals surface area contributed by atoms with Crippen LogP contribution in [0.2, 0.25) is 0 Å². The van der Waals surface area contributed by atoms with Gasteiger partial charge in [0.2, 0.25) is 5.91 Å². The second-order valence-electron chi connectivity index (χ2n) is 4.32. The van der Waals surface area contributed by atoms with Crippen LogP contribution in [0.5, 0.6) is 0 Å². The van der Waals surface area contributed by atoms with Gasteiger partial charge in [0.25, 0.3) is 0 Å². The number of carbonyl (C=O) groups is 2. The van der Waals surface area contributed by atoms with Gasteiger partial charge in [-0.15, -0.1) is 0 Å². The molecular formula is C13H16N2O4. The number of carboxylic acid groups (broad SMARTS) is 1. The van der Waals surface area contributed by atoms with E-state index in [4.69, 9.17) is 9.84 Å². The normalized spacial score (nSPS) is 15.1. The molecule has 1 saturated heterocycles. The van der Waals surface area contributed by atoms with E-state index < -0.39 is 5.97 Å². The molecule has 6 heteroatoms. The van der Waals surface area contributed by atoms with Crippen molar-refractivity contribution < 1.29 is 19.4 Å². The second kappa shape index (κ2) is 5.71. The molecule has 1 heterocycles. The first-order valence-corrected chi connectivity index (χ1v) is 6.05. The fourth-order valence-electron chi connectivity index (χ4n) is 2.03. The molecule has 0 aliphatic carbocycles. The number of benzene rings is 1. The minimum Gasteiger partial charge on any atom is -0.478 e. The standard InChI is InChI=1S/C13H16N2O4/c1-9(16)14-12-8-10(2-3-11(12)13(17)18)15-4-6-19-7-5-15/h2-3,8H,4-7H2,1H3,(H,14,16)(H,17,18). The number of nitrogens with zero attached hydrogens (tertiary/aromatic N) is 1. The monoisotopic (exact) mass is 264 g/mol. The maximum Gasteiger partial charge on any atom is 0.337 e. The third-order valence-corrected chi connectivity index (χ3v) is 2.92. The lowest BCUT2D eigenvalue weighted by Gasteiger charge is -2.29. The van der Waals surface area contributed by atoms with Crippen molar-refractivity contribution in [2.24, 2.45) is 0 Å². The van der Waals surface area contributed by atoms with E-state index in [0.29, 0.717) is 18.9 Å². The van der Waals surface area contributed by atoms with Gasteiger partial charge in [-0.3, -0.25) is 4.79 Å². The van der Waals surface area contributed by atoms with E-state index in [1.165, 1.54) is 13.0 Å². The fourth-order valence-corrected chi connectivity index (χ4v) is 2.03. The van der Waals surface area contributed by atoms with Crippen LogP contribution in [0.1, 0.15) is 17.3 Å². The van der Waals surface area contributed by atoms with Crippen LogP contribution in [-0.2, 0) is 9.53 Å². The topological polar surface area (TPSA) is 78.9 Å². The van der Waals surface area contributed by atoms with Gasteiger partial charge in [0, 0.05) is 25.7 Å². The summed E-state index contributed by atoms with van der Waals surface area (Å²) >= 11 is 0. The predicted octanol–water partition coefficient (Wildman–Crippen LogP) is 1.18. The third-order valence-electron chi connectivity index (χ3n) is 2.92. The quantitative estimate of drug-likeness (QED) is 0.857. The molecule has 6 nitrogen and oxygen atoms in total. The molecule has 1 fully saturated rings. The van der Waals surface area contributed by atoms with Gasteiger partial charge in [-0.1, -0.05) is 0 Å². The molecule has 2 rings (SSSR count). The summed E-state index contributed by atoms with van der Waals surface area (Å²) in [5.74, 6) is -1.35. The lowest BCUT2D eigenvalue weighted by Crippen LogP contribution is -2.36. The Hall–Kier alpha value is -2.08. The van der Waals surface area contributed by atoms with Gasteiger partial charge < -0.3 is 20.1 Å². The number of rotatable bonds is 3. The first-order valence-electron chi connectivity index (χ1n) is 6.05. The first-order chi connectivity index (χ1) is 9.08. The molecule has 0 radical (unpaired) electrons. The van der Waals surface area contributed by atoms with Crippen molar-refractivity contribution in [2.75, 3.05) is 36.5 Å². The molecule has 1 amide bonds. The molecule has 0 unspecified atom stereocenters. The Balaban J connectivity index is 2.31. The van der Waals surface area contributed by atoms with Crippen LogP contribution < -0.4 is 10.2 Å². The van der Waals surface area contributed by atoms with Crippen molar-refractivity contribution in [2.45, 2.75) is 6.92 Å². The highest BCUT2D eigenvalue weighted by Gasteiger charge is 2.16. The first kappa shape index (κ1) is 13.4. The zero-order chi connectivity index (χ0) is 13.8. The minimum absolute atomic E-state index is 0.0900. The zero-order valence-corrected chi connectivity index (χ0v) is 10.7. The van der Waals surface area contributed by atoms with Crippen molar-refractivity contribution in [1.82, 2.24) is 0 Å². The smallest absolute Gasteiger partial charge is 0.337 e. The molecule has 0 bridgehead atoms. The Kier molecular flexibility index (Phi) is 4.01. The Morgan fingerprint density at radius 2 is 2.00 bits per heavy atom. The number of amides is 1. The number of morpholine rings is 1. The summed E-state index contributed by atoms with van der Waals surface area (Å²) in [7, 11) is 0. The van der Waals surface area contributed by atoms with Crippen LogP contribution in [0.15, 0.2) is 18.2 Å². The third kappa shape index (κ3) is 3.23. The molecule has 0 spiro atoms. The summed E-state index contributed by atoms with van der Waals surface area (Å²) in [6, 6.07) is 4.95. The van der Waals surface area contributed by atoms with Crippen LogP contribution in [0.3, 0.4) is 0 Å². The highest BCUT2D eigenvalue weighted by Crippen LogP contribution is 2.24. The molecule has 1 aromatic rings. The van der Waals surface area contributed by atoms with Gasteiger partial charge in [0.1, 0.15) is 0 Å². The largest absolute Gasteiger partial charge is 0.478 e. The van der Waals surface area contributed by atoms with Crippen LogP contribution >= 0.6 is 0 Å². The van der Waals surface area contributed by atoms with E-state index in [1.807, 2.05) is 0 Å².